The van der Waals surface area contributed by atoms with Crippen molar-refractivity contribution >= 4 is 16.9 Å². The smallest absolute Gasteiger partial charge is 0.408 e. The maximum atomic E-state index is 12.0. The number of nitrogens with two attached hydrogens (primary N) is 1. The number of carbonyl (C=O) groups excluding carboxylic acids is 1. The van der Waals surface area contributed by atoms with E-state index in [1.165, 1.54) is 0 Å². The molecule has 1 aromatic heterocycles. The third-order valence-corrected chi connectivity index (χ3v) is 2.75. The van der Waals surface area contributed by atoms with Crippen molar-refractivity contribution < 1.29 is 9.21 Å². The average molecular weight is 234 g/mol. The minimum absolute atomic E-state index is 0.0150. The van der Waals surface area contributed by atoms with Gasteiger partial charge in [0.15, 0.2) is 11.4 Å². The van der Waals surface area contributed by atoms with Gasteiger partial charge in [0.2, 0.25) is 0 Å². The molecule has 0 saturated heterocycles. The van der Waals surface area contributed by atoms with Crippen molar-refractivity contribution in [3.05, 3.63) is 34.3 Å². The Morgan fingerprint density at radius 2 is 2.29 bits per heavy atom. The molecule has 0 saturated carbocycles. The van der Waals surface area contributed by atoms with Crippen molar-refractivity contribution in [3.63, 3.8) is 0 Å². The van der Waals surface area contributed by atoms with Crippen molar-refractivity contribution in [2.45, 2.75) is 13.3 Å². The fourth-order valence-corrected chi connectivity index (χ4v) is 1.76. The Balaban J connectivity index is 2.35. The van der Waals surface area contributed by atoms with Crippen LogP contribution < -0.4 is 11.5 Å². The first kappa shape index (κ1) is 11.6. The minimum Gasteiger partial charge on any atom is -0.408 e. The van der Waals surface area contributed by atoms with Crippen LogP contribution in [0.4, 0.5) is 0 Å². The summed E-state index contributed by atoms with van der Waals surface area (Å²) >= 11 is 0. The van der Waals surface area contributed by atoms with E-state index in [2.05, 4.69) is 4.98 Å². The van der Waals surface area contributed by atoms with E-state index in [1.54, 1.807) is 18.2 Å². The summed E-state index contributed by atoms with van der Waals surface area (Å²) in [5.41, 5.74) is 6.96. The summed E-state index contributed by atoms with van der Waals surface area (Å²) in [4.78, 5) is 25.5. The molecule has 3 N–H and O–H groups in total. The topological polar surface area (TPSA) is 89.1 Å². The van der Waals surface area contributed by atoms with E-state index in [0.29, 0.717) is 29.6 Å². The highest BCUT2D eigenvalue weighted by atomic mass is 16.4. The van der Waals surface area contributed by atoms with Crippen LogP contribution in [0.5, 0.6) is 0 Å². The van der Waals surface area contributed by atoms with Crippen LogP contribution in [-0.4, -0.2) is 17.3 Å². The first-order valence-corrected chi connectivity index (χ1v) is 5.49. The van der Waals surface area contributed by atoms with Gasteiger partial charge >= 0.3 is 5.76 Å². The first-order valence-electron chi connectivity index (χ1n) is 5.49. The Kier molecular flexibility index (Phi) is 3.10. The highest BCUT2D eigenvalue weighted by Gasteiger charge is 2.15. The molecule has 5 heteroatoms. The van der Waals surface area contributed by atoms with E-state index in [4.69, 9.17) is 10.2 Å². The fraction of sp³-hybridized carbons (Fsp3) is 0.333. The zero-order valence-electron chi connectivity index (χ0n) is 9.53. The number of fused-ring (bicyclic) bond motifs is 1. The van der Waals surface area contributed by atoms with Crippen molar-refractivity contribution in [2.24, 2.45) is 11.7 Å². The number of ketones is 1. The van der Waals surface area contributed by atoms with Gasteiger partial charge in [-0.25, -0.2) is 4.79 Å². The van der Waals surface area contributed by atoms with E-state index >= 15 is 0 Å². The molecular formula is C12H14N2O3. The number of nitrogens with one attached hydrogen (secondary N) is 1. The monoisotopic (exact) mass is 234 g/mol. The number of oxazole rings is 1. The number of Topliss-reactive ketones (excluding diaryl/α,β-unsaturated/α-hetero) is 1. The largest absolute Gasteiger partial charge is 0.417 e. The number of benzene rings is 1. The number of hydrogen-bond donors (Lipinski definition) is 2. The zero-order valence-corrected chi connectivity index (χ0v) is 9.53. The van der Waals surface area contributed by atoms with Crippen molar-refractivity contribution in [2.75, 3.05) is 6.54 Å². The maximum absolute atomic E-state index is 12.0. The Morgan fingerprint density at radius 1 is 1.53 bits per heavy atom. The van der Waals surface area contributed by atoms with Crippen molar-refractivity contribution in [1.29, 1.82) is 0 Å². The molecule has 1 aromatic carbocycles. The highest BCUT2D eigenvalue weighted by Crippen LogP contribution is 2.16. The summed E-state index contributed by atoms with van der Waals surface area (Å²) in [5, 5.41) is 0. The average Bonchev–Trinajstić information content (AvgIpc) is 2.67. The van der Waals surface area contributed by atoms with E-state index in [-0.39, 0.29) is 11.7 Å². The molecule has 1 unspecified atom stereocenters. The second kappa shape index (κ2) is 4.55. The van der Waals surface area contributed by atoms with Gasteiger partial charge in [0.05, 0.1) is 5.52 Å². The lowest BCUT2D eigenvalue weighted by molar-refractivity contribution is 0.0925. The molecule has 2 rings (SSSR count). The second-order valence-electron chi connectivity index (χ2n) is 4.07. The number of H-pyrrole nitrogens is 1. The van der Waals surface area contributed by atoms with Crippen molar-refractivity contribution in [1.82, 2.24) is 4.98 Å². The standard InChI is InChI=1S/C12H14N2O3/c1-7(4-5-13)11(15)8-2-3-9-10(6-8)17-12(16)14-9/h2-3,6-7H,4-5,13H2,1H3,(H,14,16). The van der Waals surface area contributed by atoms with E-state index < -0.39 is 5.76 Å². The molecule has 5 nitrogen and oxygen atoms in total. The molecular weight excluding hydrogens is 220 g/mol. The lowest BCUT2D eigenvalue weighted by Gasteiger charge is -2.08. The number of aromatic amines is 1. The van der Waals surface area contributed by atoms with Gasteiger partial charge in [-0.15, -0.1) is 0 Å². The van der Waals surface area contributed by atoms with Gasteiger partial charge in [0, 0.05) is 11.5 Å². The van der Waals surface area contributed by atoms with Crippen LogP contribution in [0, 0.1) is 5.92 Å². The van der Waals surface area contributed by atoms with Crippen molar-refractivity contribution in [3.8, 4) is 0 Å². The SMILES string of the molecule is CC(CCN)C(=O)c1ccc2[nH]c(=O)oc2c1. The molecule has 17 heavy (non-hydrogen) atoms. The molecule has 0 spiro atoms. The summed E-state index contributed by atoms with van der Waals surface area (Å²) in [6, 6.07) is 4.94. The predicted octanol–water partition coefficient (Wildman–Crippen LogP) is 1.29. The molecule has 2 aromatic rings. The van der Waals surface area contributed by atoms with Crippen LogP contribution in [0.1, 0.15) is 23.7 Å². The molecule has 0 fully saturated rings. The quantitative estimate of drug-likeness (QED) is 0.780. The second-order valence-corrected chi connectivity index (χ2v) is 4.07. The lowest BCUT2D eigenvalue weighted by atomic mass is 9.96. The zero-order chi connectivity index (χ0) is 12.4. The van der Waals surface area contributed by atoms with Crippen LogP contribution in [0.3, 0.4) is 0 Å². The van der Waals surface area contributed by atoms with Crippen LogP contribution in [-0.2, 0) is 0 Å². The van der Waals surface area contributed by atoms with Gasteiger partial charge in [-0.3, -0.25) is 9.78 Å². The minimum atomic E-state index is -0.514. The third kappa shape index (κ3) is 2.29. The van der Waals surface area contributed by atoms with Crippen LogP contribution in [0.2, 0.25) is 0 Å². The van der Waals surface area contributed by atoms with Crippen LogP contribution >= 0.6 is 0 Å². The normalized spacial score (nSPS) is 12.8. The number of aromatic nitrogens is 1. The van der Waals surface area contributed by atoms with Crippen LogP contribution in [0.15, 0.2) is 27.4 Å². The number of carbonyl (C=O) groups is 1. The Hall–Kier alpha value is -1.88. The highest BCUT2D eigenvalue weighted by molar-refractivity contribution is 5.99. The van der Waals surface area contributed by atoms with Gasteiger partial charge in [0.25, 0.3) is 0 Å². The van der Waals surface area contributed by atoms with Gasteiger partial charge in [-0.05, 0) is 31.2 Å². The molecule has 0 aliphatic carbocycles. The van der Waals surface area contributed by atoms with Gasteiger partial charge in [-0.1, -0.05) is 6.92 Å². The summed E-state index contributed by atoms with van der Waals surface area (Å²) in [6.45, 7) is 2.32. The summed E-state index contributed by atoms with van der Waals surface area (Å²) in [6.07, 6.45) is 0.647. The fourth-order valence-electron chi connectivity index (χ4n) is 1.76. The summed E-state index contributed by atoms with van der Waals surface area (Å²) in [5.74, 6) is -0.621. The Labute approximate surface area is 97.6 Å². The summed E-state index contributed by atoms with van der Waals surface area (Å²) < 4.78 is 4.91. The van der Waals surface area contributed by atoms with E-state index in [0.717, 1.165) is 0 Å². The molecule has 0 radical (unpaired) electrons. The first-order chi connectivity index (χ1) is 8.11. The number of hydrogen-bond acceptors (Lipinski definition) is 4. The van der Waals surface area contributed by atoms with Gasteiger partial charge in [-0.2, -0.15) is 0 Å². The Morgan fingerprint density at radius 3 is 3.00 bits per heavy atom. The molecule has 0 amide bonds. The number of rotatable bonds is 4. The maximum Gasteiger partial charge on any atom is 0.417 e. The third-order valence-electron chi connectivity index (χ3n) is 2.75. The van der Waals surface area contributed by atoms with Crippen LogP contribution in [0.25, 0.3) is 11.1 Å². The molecule has 1 heterocycles. The Bertz CT molecular complexity index is 597. The van der Waals surface area contributed by atoms with Gasteiger partial charge < -0.3 is 10.2 Å². The van der Waals surface area contributed by atoms with E-state index in [1.807, 2.05) is 6.92 Å². The lowest BCUT2D eigenvalue weighted by Crippen LogP contribution is -2.15. The predicted molar refractivity (Wildman–Crippen MR) is 64.0 cm³/mol. The molecule has 1 atom stereocenters. The van der Waals surface area contributed by atoms with E-state index in [9.17, 15) is 9.59 Å². The molecule has 0 bridgehead atoms. The summed E-state index contributed by atoms with van der Waals surface area (Å²) in [7, 11) is 0. The molecule has 0 aliphatic rings. The molecule has 0 aliphatic heterocycles. The van der Waals surface area contributed by atoms with Gasteiger partial charge in [0.1, 0.15) is 0 Å². The molecule has 90 valence electrons.